The van der Waals surface area contributed by atoms with E-state index in [-0.39, 0.29) is 23.3 Å². The number of hydrogen-bond acceptors (Lipinski definition) is 3. The van der Waals surface area contributed by atoms with Gasteiger partial charge in [0.25, 0.3) is 0 Å². The van der Waals surface area contributed by atoms with E-state index >= 15 is 0 Å². The molecule has 0 aliphatic carbocycles. The van der Waals surface area contributed by atoms with E-state index in [2.05, 4.69) is 0 Å². The van der Waals surface area contributed by atoms with Crippen molar-refractivity contribution in [2.75, 3.05) is 11.4 Å². The SMILES string of the molecule is CCCN(C(=O)C(C(=O)CC)c1ccccc1C(=O)O)c1ccccc1. The largest absolute Gasteiger partial charge is 0.478 e. The van der Waals surface area contributed by atoms with Crippen molar-refractivity contribution in [3.63, 3.8) is 0 Å². The third-order valence-corrected chi connectivity index (χ3v) is 4.20. The lowest BCUT2D eigenvalue weighted by Gasteiger charge is -2.27. The number of aromatic carboxylic acids is 1. The van der Waals surface area contributed by atoms with Gasteiger partial charge in [0.1, 0.15) is 11.7 Å². The molecule has 5 heteroatoms. The monoisotopic (exact) mass is 353 g/mol. The van der Waals surface area contributed by atoms with Crippen LogP contribution < -0.4 is 4.90 Å². The Morgan fingerprint density at radius 3 is 2.15 bits per heavy atom. The maximum absolute atomic E-state index is 13.3. The van der Waals surface area contributed by atoms with Crippen LogP contribution >= 0.6 is 0 Å². The van der Waals surface area contributed by atoms with Crippen LogP contribution in [0.2, 0.25) is 0 Å². The molecular weight excluding hydrogens is 330 g/mol. The van der Waals surface area contributed by atoms with Gasteiger partial charge in [0, 0.05) is 18.7 Å². The fraction of sp³-hybridized carbons (Fsp3) is 0.286. The van der Waals surface area contributed by atoms with E-state index in [4.69, 9.17) is 0 Å². The summed E-state index contributed by atoms with van der Waals surface area (Å²) in [6.45, 7) is 4.08. The number of Topliss-reactive ketones (excluding diaryl/α,β-unsaturated/α-hetero) is 1. The Kier molecular flexibility index (Phi) is 6.67. The molecule has 26 heavy (non-hydrogen) atoms. The Morgan fingerprint density at radius 2 is 1.58 bits per heavy atom. The van der Waals surface area contributed by atoms with Crippen molar-refractivity contribution in [1.29, 1.82) is 0 Å². The first-order valence-corrected chi connectivity index (χ1v) is 8.72. The van der Waals surface area contributed by atoms with Crippen LogP contribution in [0.5, 0.6) is 0 Å². The molecule has 0 aliphatic rings. The Morgan fingerprint density at radius 1 is 0.962 bits per heavy atom. The molecule has 5 nitrogen and oxygen atoms in total. The number of benzene rings is 2. The average molecular weight is 353 g/mol. The summed E-state index contributed by atoms with van der Waals surface area (Å²) in [5.41, 5.74) is 0.923. The molecule has 0 saturated heterocycles. The third-order valence-electron chi connectivity index (χ3n) is 4.20. The fourth-order valence-corrected chi connectivity index (χ4v) is 2.95. The first-order valence-electron chi connectivity index (χ1n) is 8.72. The van der Waals surface area contributed by atoms with Crippen LogP contribution in [0.25, 0.3) is 0 Å². The number of carbonyl (C=O) groups excluding carboxylic acids is 2. The van der Waals surface area contributed by atoms with E-state index in [0.717, 1.165) is 0 Å². The van der Waals surface area contributed by atoms with Crippen molar-refractivity contribution in [3.8, 4) is 0 Å². The second kappa shape index (κ2) is 8.94. The molecule has 0 spiro atoms. The summed E-state index contributed by atoms with van der Waals surface area (Å²) in [6.07, 6.45) is 0.868. The molecule has 1 atom stereocenters. The van der Waals surface area contributed by atoms with Gasteiger partial charge < -0.3 is 10.0 Å². The summed E-state index contributed by atoms with van der Waals surface area (Å²) in [5, 5.41) is 9.47. The van der Waals surface area contributed by atoms with Crippen LogP contribution in [0.3, 0.4) is 0 Å². The molecular formula is C21H23NO4. The summed E-state index contributed by atoms with van der Waals surface area (Å²) in [7, 11) is 0. The van der Waals surface area contributed by atoms with Gasteiger partial charge in [-0.15, -0.1) is 0 Å². The summed E-state index contributed by atoms with van der Waals surface area (Å²) < 4.78 is 0. The highest BCUT2D eigenvalue weighted by atomic mass is 16.4. The summed E-state index contributed by atoms with van der Waals surface area (Å²) in [5.74, 6) is -2.96. The summed E-state index contributed by atoms with van der Waals surface area (Å²) in [4.78, 5) is 39.1. The molecule has 136 valence electrons. The lowest BCUT2D eigenvalue weighted by Crippen LogP contribution is -2.39. The second-order valence-electron chi connectivity index (χ2n) is 5.97. The van der Waals surface area contributed by atoms with Crippen LogP contribution in [0.4, 0.5) is 5.69 Å². The standard InChI is InChI=1S/C21H23NO4/c1-3-14-22(15-10-6-5-7-11-15)20(24)19(18(23)4-2)16-12-8-9-13-17(16)21(25)26/h5-13,19H,3-4,14H2,1-2H3,(H,25,26). The number of para-hydroxylation sites is 1. The second-order valence-corrected chi connectivity index (χ2v) is 5.97. The molecule has 0 saturated carbocycles. The van der Waals surface area contributed by atoms with Crippen molar-refractivity contribution in [3.05, 3.63) is 65.7 Å². The van der Waals surface area contributed by atoms with E-state index in [1.807, 2.05) is 37.3 Å². The van der Waals surface area contributed by atoms with E-state index in [0.29, 0.717) is 18.7 Å². The molecule has 1 unspecified atom stereocenters. The van der Waals surface area contributed by atoms with Crippen molar-refractivity contribution in [2.24, 2.45) is 0 Å². The minimum atomic E-state index is -1.15. The van der Waals surface area contributed by atoms with Crippen LogP contribution in [0.15, 0.2) is 54.6 Å². The van der Waals surface area contributed by atoms with Crippen LogP contribution in [0, 0.1) is 0 Å². The molecule has 0 aliphatic heterocycles. The number of anilines is 1. The number of carbonyl (C=O) groups is 3. The van der Waals surface area contributed by atoms with Gasteiger partial charge in [-0.25, -0.2) is 4.79 Å². The summed E-state index contributed by atoms with van der Waals surface area (Å²) in [6, 6.07) is 15.3. The van der Waals surface area contributed by atoms with Crippen LogP contribution in [-0.4, -0.2) is 29.3 Å². The number of hydrogen-bond donors (Lipinski definition) is 1. The predicted molar refractivity (Wildman–Crippen MR) is 101 cm³/mol. The number of carboxylic acid groups (broad SMARTS) is 1. The average Bonchev–Trinajstić information content (AvgIpc) is 2.66. The zero-order valence-corrected chi connectivity index (χ0v) is 15.0. The highest BCUT2D eigenvalue weighted by Gasteiger charge is 2.34. The molecule has 1 amide bonds. The van der Waals surface area contributed by atoms with E-state index in [1.165, 1.54) is 6.07 Å². The lowest BCUT2D eigenvalue weighted by molar-refractivity contribution is -0.128. The van der Waals surface area contributed by atoms with Gasteiger partial charge in [-0.05, 0) is 30.2 Å². The van der Waals surface area contributed by atoms with Gasteiger partial charge >= 0.3 is 5.97 Å². The normalized spacial score (nSPS) is 11.6. The number of amides is 1. The molecule has 1 N–H and O–H groups in total. The van der Waals surface area contributed by atoms with Crippen LogP contribution in [0.1, 0.15) is 48.5 Å². The summed E-state index contributed by atoms with van der Waals surface area (Å²) >= 11 is 0. The van der Waals surface area contributed by atoms with Crippen LogP contribution in [-0.2, 0) is 9.59 Å². The van der Waals surface area contributed by atoms with E-state index in [9.17, 15) is 19.5 Å². The minimum absolute atomic E-state index is 0.0165. The Bertz CT molecular complexity index is 786. The molecule has 0 aromatic heterocycles. The molecule has 0 radical (unpaired) electrons. The van der Waals surface area contributed by atoms with Gasteiger partial charge in [-0.1, -0.05) is 50.2 Å². The molecule has 0 heterocycles. The van der Waals surface area contributed by atoms with Crippen molar-refractivity contribution in [2.45, 2.75) is 32.6 Å². The number of carboxylic acids is 1. The fourth-order valence-electron chi connectivity index (χ4n) is 2.95. The maximum atomic E-state index is 13.3. The highest BCUT2D eigenvalue weighted by Crippen LogP contribution is 2.27. The van der Waals surface area contributed by atoms with Gasteiger partial charge in [-0.2, -0.15) is 0 Å². The highest BCUT2D eigenvalue weighted by molar-refractivity contribution is 6.14. The van der Waals surface area contributed by atoms with E-state index < -0.39 is 17.8 Å². The van der Waals surface area contributed by atoms with Gasteiger partial charge in [0.2, 0.25) is 5.91 Å². The third kappa shape index (κ3) is 4.17. The molecule has 0 bridgehead atoms. The predicted octanol–water partition coefficient (Wildman–Crippen LogP) is 3.89. The quantitative estimate of drug-likeness (QED) is 0.731. The molecule has 2 aromatic carbocycles. The first kappa shape index (κ1) is 19.4. The zero-order chi connectivity index (χ0) is 19.1. The van der Waals surface area contributed by atoms with Crippen molar-refractivity contribution < 1.29 is 19.5 Å². The number of nitrogens with zero attached hydrogens (tertiary/aromatic N) is 1. The lowest BCUT2D eigenvalue weighted by atomic mass is 9.88. The Labute approximate surface area is 153 Å². The van der Waals surface area contributed by atoms with Crippen molar-refractivity contribution in [1.82, 2.24) is 0 Å². The Hall–Kier alpha value is -2.95. The van der Waals surface area contributed by atoms with Crippen molar-refractivity contribution >= 4 is 23.3 Å². The smallest absolute Gasteiger partial charge is 0.336 e. The van der Waals surface area contributed by atoms with E-state index in [1.54, 1.807) is 30.0 Å². The topological polar surface area (TPSA) is 74.7 Å². The number of ketones is 1. The first-order chi connectivity index (χ1) is 12.5. The Balaban J connectivity index is 2.54. The molecule has 2 aromatic rings. The molecule has 0 fully saturated rings. The maximum Gasteiger partial charge on any atom is 0.336 e. The minimum Gasteiger partial charge on any atom is -0.478 e. The van der Waals surface area contributed by atoms with Gasteiger partial charge in [0.05, 0.1) is 5.56 Å². The van der Waals surface area contributed by atoms with Gasteiger partial charge in [0.15, 0.2) is 0 Å². The number of rotatable bonds is 8. The van der Waals surface area contributed by atoms with Gasteiger partial charge in [-0.3, -0.25) is 9.59 Å². The molecule has 2 rings (SSSR count). The zero-order valence-electron chi connectivity index (χ0n) is 15.0.